The van der Waals surface area contributed by atoms with E-state index in [0.717, 1.165) is 0 Å². The van der Waals surface area contributed by atoms with Crippen LogP contribution in [0.2, 0.25) is 0 Å². The van der Waals surface area contributed by atoms with Crippen LogP contribution in [0, 0.1) is 5.92 Å². The Morgan fingerprint density at radius 1 is 1.20 bits per heavy atom. The monoisotopic (exact) mass is 359 g/mol. The fourth-order valence-corrected chi connectivity index (χ4v) is 1.97. The highest BCUT2D eigenvalue weighted by molar-refractivity contribution is 5.88. The first-order valence-corrected chi connectivity index (χ1v) is 8.10. The van der Waals surface area contributed by atoms with Gasteiger partial charge in [-0.3, -0.25) is 19.2 Å². The Morgan fingerprint density at radius 2 is 1.88 bits per heavy atom. The summed E-state index contributed by atoms with van der Waals surface area (Å²) in [5, 5.41) is 10.5. The lowest BCUT2D eigenvalue weighted by atomic mass is 10.0. The predicted molar refractivity (Wildman–Crippen MR) is 91.3 cm³/mol. The van der Waals surface area contributed by atoms with E-state index < -0.39 is 24.0 Å². The summed E-state index contributed by atoms with van der Waals surface area (Å²) in [6.45, 7) is 4.64. The van der Waals surface area contributed by atoms with Crippen LogP contribution in [0.25, 0.3) is 0 Å². The molecular formula is C15H29N5O5. The molecule has 0 rings (SSSR count). The summed E-state index contributed by atoms with van der Waals surface area (Å²) in [4.78, 5) is 45.2. The molecule has 0 aromatic carbocycles. The van der Waals surface area contributed by atoms with Crippen LogP contribution in [0.3, 0.4) is 0 Å². The second-order valence-corrected chi connectivity index (χ2v) is 5.87. The fraction of sp³-hybridized carbons (Fsp3) is 0.733. The first-order chi connectivity index (χ1) is 11.8. The molecule has 0 heterocycles. The van der Waals surface area contributed by atoms with Crippen LogP contribution in [0.4, 0.5) is 0 Å². The summed E-state index contributed by atoms with van der Waals surface area (Å²) in [6.07, 6.45) is 0.890. The molecule has 0 bridgehead atoms. The lowest BCUT2D eigenvalue weighted by Gasteiger charge is -2.20. The van der Waals surface area contributed by atoms with Gasteiger partial charge in [0.05, 0.1) is 13.7 Å². The maximum Gasteiger partial charge on any atom is 0.323 e. The van der Waals surface area contributed by atoms with Gasteiger partial charge in [-0.15, -0.1) is 0 Å². The standard InChI is InChI=1S/C15H29N5O5/c1-10(2)6-12(20-13(22)8-18-9-21)14(23)19-5-4-17-7-11(16)15(24)25-3/h9-12,17H,4-8,16H2,1-3H3,(H,18,21)(H,19,23)(H,20,22). The Kier molecular flexibility index (Phi) is 12.0. The van der Waals surface area contributed by atoms with Crippen molar-refractivity contribution in [3.8, 4) is 0 Å². The molecule has 25 heavy (non-hydrogen) atoms. The third-order valence-corrected chi connectivity index (χ3v) is 3.17. The number of ether oxygens (including phenoxy) is 1. The summed E-state index contributed by atoms with van der Waals surface area (Å²) in [6, 6.07) is -1.45. The van der Waals surface area contributed by atoms with Gasteiger partial charge in [-0.1, -0.05) is 13.8 Å². The zero-order valence-corrected chi connectivity index (χ0v) is 15.0. The Morgan fingerprint density at radius 3 is 2.44 bits per heavy atom. The number of methoxy groups -OCH3 is 1. The van der Waals surface area contributed by atoms with Gasteiger partial charge in [0.2, 0.25) is 18.2 Å². The van der Waals surface area contributed by atoms with Gasteiger partial charge in [0.1, 0.15) is 12.1 Å². The second kappa shape index (κ2) is 13.1. The largest absolute Gasteiger partial charge is 0.468 e. The van der Waals surface area contributed by atoms with Gasteiger partial charge >= 0.3 is 5.97 Å². The SMILES string of the molecule is COC(=O)C(N)CNCCNC(=O)C(CC(C)C)NC(=O)CNC=O. The van der Waals surface area contributed by atoms with Crippen molar-refractivity contribution in [3.05, 3.63) is 0 Å². The van der Waals surface area contributed by atoms with E-state index in [-0.39, 0.29) is 24.9 Å². The lowest BCUT2D eigenvalue weighted by molar-refractivity contribution is -0.142. The van der Waals surface area contributed by atoms with Crippen LogP contribution in [0.15, 0.2) is 0 Å². The molecule has 2 atom stereocenters. The molecule has 0 saturated carbocycles. The van der Waals surface area contributed by atoms with E-state index in [1.807, 2.05) is 13.8 Å². The molecule has 2 unspecified atom stereocenters. The normalized spacial score (nSPS) is 12.8. The minimum absolute atomic E-state index is 0.182. The number of nitrogens with one attached hydrogen (secondary N) is 4. The summed E-state index contributed by atoms with van der Waals surface area (Å²) < 4.78 is 4.50. The summed E-state index contributed by atoms with van der Waals surface area (Å²) >= 11 is 0. The Labute approximate surface area is 147 Å². The van der Waals surface area contributed by atoms with E-state index >= 15 is 0 Å². The van der Waals surface area contributed by atoms with Crippen molar-refractivity contribution in [2.24, 2.45) is 11.7 Å². The molecule has 3 amide bonds. The van der Waals surface area contributed by atoms with Gasteiger partial charge < -0.3 is 31.7 Å². The van der Waals surface area contributed by atoms with E-state index in [4.69, 9.17) is 5.73 Å². The van der Waals surface area contributed by atoms with Gasteiger partial charge in [0.15, 0.2) is 0 Å². The smallest absolute Gasteiger partial charge is 0.323 e. The van der Waals surface area contributed by atoms with Crippen molar-refractivity contribution in [2.45, 2.75) is 32.4 Å². The topological polar surface area (TPSA) is 152 Å². The minimum Gasteiger partial charge on any atom is -0.468 e. The Hall–Kier alpha value is -2.20. The van der Waals surface area contributed by atoms with E-state index in [0.29, 0.717) is 25.9 Å². The molecule has 0 radical (unpaired) electrons. The number of hydrogen-bond acceptors (Lipinski definition) is 7. The number of amides is 3. The van der Waals surface area contributed by atoms with Crippen LogP contribution in [-0.4, -0.2) is 69.6 Å². The van der Waals surface area contributed by atoms with E-state index in [2.05, 4.69) is 26.0 Å². The minimum atomic E-state index is -0.765. The van der Waals surface area contributed by atoms with Crippen molar-refractivity contribution in [2.75, 3.05) is 33.3 Å². The molecule has 0 aromatic heterocycles. The fourth-order valence-electron chi connectivity index (χ4n) is 1.97. The summed E-state index contributed by atoms with van der Waals surface area (Å²) in [5.74, 6) is -1.06. The quantitative estimate of drug-likeness (QED) is 0.138. The molecule has 0 spiro atoms. The van der Waals surface area contributed by atoms with E-state index in [9.17, 15) is 19.2 Å². The third-order valence-electron chi connectivity index (χ3n) is 3.17. The van der Waals surface area contributed by atoms with Gasteiger partial charge in [-0.05, 0) is 12.3 Å². The molecule has 0 saturated heterocycles. The molecular weight excluding hydrogens is 330 g/mol. The molecule has 10 nitrogen and oxygen atoms in total. The molecule has 144 valence electrons. The zero-order valence-electron chi connectivity index (χ0n) is 15.0. The molecule has 6 N–H and O–H groups in total. The number of esters is 1. The van der Waals surface area contributed by atoms with Gasteiger partial charge in [0, 0.05) is 19.6 Å². The summed E-state index contributed by atoms with van der Waals surface area (Å²) in [7, 11) is 1.26. The van der Waals surface area contributed by atoms with Crippen LogP contribution in [0.5, 0.6) is 0 Å². The highest BCUT2D eigenvalue weighted by Crippen LogP contribution is 2.04. The first-order valence-electron chi connectivity index (χ1n) is 8.10. The Bertz CT molecular complexity index is 444. The van der Waals surface area contributed by atoms with Crippen molar-refractivity contribution < 1.29 is 23.9 Å². The Balaban J connectivity index is 4.22. The number of carbonyl (C=O) groups excluding carboxylic acids is 4. The number of hydrogen-bond donors (Lipinski definition) is 5. The molecule has 0 aromatic rings. The van der Waals surface area contributed by atoms with Crippen molar-refractivity contribution >= 4 is 24.2 Å². The van der Waals surface area contributed by atoms with Gasteiger partial charge in [0.25, 0.3) is 0 Å². The number of rotatable bonds is 13. The maximum absolute atomic E-state index is 12.2. The van der Waals surface area contributed by atoms with E-state index in [1.165, 1.54) is 7.11 Å². The molecule has 0 aliphatic rings. The zero-order chi connectivity index (χ0) is 19.2. The van der Waals surface area contributed by atoms with Gasteiger partial charge in [-0.25, -0.2) is 0 Å². The number of nitrogens with two attached hydrogens (primary N) is 1. The second-order valence-electron chi connectivity index (χ2n) is 5.87. The van der Waals surface area contributed by atoms with Crippen LogP contribution < -0.4 is 27.0 Å². The molecule has 0 aliphatic heterocycles. The lowest BCUT2D eigenvalue weighted by Crippen LogP contribution is -2.50. The van der Waals surface area contributed by atoms with Gasteiger partial charge in [-0.2, -0.15) is 0 Å². The maximum atomic E-state index is 12.2. The van der Waals surface area contributed by atoms with Crippen LogP contribution >= 0.6 is 0 Å². The summed E-state index contributed by atoms with van der Waals surface area (Å²) in [5.41, 5.74) is 5.56. The number of carbonyl (C=O) groups is 4. The highest BCUT2D eigenvalue weighted by atomic mass is 16.5. The van der Waals surface area contributed by atoms with Crippen molar-refractivity contribution in [1.82, 2.24) is 21.3 Å². The highest BCUT2D eigenvalue weighted by Gasteiger charge is 2.21. The average Bonchev–Trinajstić information content (AvgIpc) is 2.57. The van der Waals surface area contributed by atoms with Crippen LogP contribution in [-0.2, 0) is 23.9 Å². The van der Waals surface area contributed by atoms with Crippen molar-refractivity contribution in [3.63, 3.8) is 0 Å². The third kappa shape index (κ3) is 11.1. The molecule has 0 aliphatic carbocycles. The van der Waals surface area contributed by atoms with Crippen molar-refractivity contribution in [1.29, 1.82) is 0 Å². The average molecular weight is 359 g/mol. The van der Waals surface area contributed by atoms with E-state index in [1.54, 1.807) is 0 Å². The molecule has 0 fully saturated rings. The molecule has 10 heteroatoms. The van der Waals surface area contributed by atoms with Crippen LogP contribution in [0.1, 0.15) is 20.3 Å². The predicted octanol–water partition coefficient (Wildman–Crippen LogP) is -2.53. The first kappa shape index (κ1) is 22.8.